The number of carbonyl (C=O) groups excluding carboxylic acids is 5. The third-order valence-corrected chi connectivity index (χ3v) is 9.28. The van der Waals surface area contributed by atoms with Gasteiger partial charge in [0.15, 0.2) is 5.95 Å². The van der Waals surface area contributed by atoms with Crippen LogP contribution in [0.1, 0.15) is 127 Å². The second-order valence-corrected chi connectivity index (χ2v) is 13.4. The van der Waals surface area contributed by atoms with Gasteiger partial charge >= 0.3 is 0 Å². The van der Waals surface area contributed by atoms with Gasteiger partial charge in [-0.2, -0.15) is 0 Å². The third kappa shape index (κ3) is 15.4. The van der Waals surface area contributed by atoms with Crippen molar-refractivity contribution in [2.45, 2.75) is 141 Å². The number of nitrogens with one attached hydrogen (secondary N) is 3. The molecular formula is C37H60N8O5. The van der Waals surface area contributed by atoms with Gasteiger partial charge in [-0.25, -0.2) is 4.98 Å². The second kappa shape index (κ2) is 23.1. The fraction of sp³-hybridized carbons (Fsp3) is 0.622. The van der Waals surface area contributed by atoms with E-state index in [0.717, 1.165) is 19.3 Å². The van der Waals surface area contributed by atoms with Crippen molar-refractivity contribution in [1.82, 2.24) is 20.6 Å². The molecule has 0 spiro atoms. The number of nitrogens with zero attached hydrogens (tertiary/aromatic N) is 1. The molecule has 0 radical (unpaired) electrons. The molecule has 1 aromatic carbocycles. The number of carbonyl (C=O) groups is 5. The number of amides is 5. The van der Waals surface area contributed by atoms with E-state index in [9.17, 15) is 24.0 Å². The molecule has 0 saturated carbocycles. The lowest BCUT2D eigenvalue weighted by atomic mass is 9.75. The topological polar surface area (TPSA) is 242 Å². The summed E-state index contributed by atoms with van der Waals surface area (Å²) in [7, 11) is 0. The number of aromatic amines is 1. The van der Waals surface area contributed by atoms with Gasteiger partial charge in [0, 0.05) is 18.5 Å². The van der Waals surface area contributed by atoms with Crippen LogP contribution in [0.5, 0.6) is 0 Å². The molecule has 1 heterocycles. The van der Waals surface area contributed by atoms with E-state index in [1.54, 1.807) is 30.3 Å². The van der Waals surface area contributed by atoms with Gasteiger partial charge in [-0.05, 0) is 37.7 Å². The lowest BCUT2D eigenvalue weighted by Crippen LogP contribution is -2.67. The fourth-order valence-electron chi connectivity index (χ4n) is 6.32. The van der Waals surface area contributed by atoms with E-state index in [2.05, 4.69) is 27.5 Å². The molecule has 0 aliphatic heterocycles. The molecule has 1 unspecified atom stereocenters. The van der Waals surface area contributed by atoms with E-state index in [-0.39, 0.29) is 50.4 Å². The summed E-state index contributed by atoms with van der Waals surface area (Å²) in [4.78, 5) is 72.0. The minimum atomic E-state index is -2.07. The summed E-state index contributed by atoms with van der Waals surface area (Å²) < 4.78 is 0. The van der Waals surface area contributed by atoms with Crippen LogP contribution in [0.3, 0.4) is 0 Å². The molecule has 13 nitrogen and oxygen atoms in total. The number of primary amides is 3. The number of anilines is 1. The minimum Gasteiger partial charge on any atom is -0.370 e. The molecule has 0 fully saturated rings. The van der Waals surface area contributed by atoms with Crippen LogP contribution in [0.25, 0.3) is 0 Å². The fourth-order valence-corrected chi connectivity index (χ4v) is 6.32. The molecule has 0 saturated heterocycles. The highest BCUT2D eigenvalue weighted by Crippen LogP contribution is 2.28. The predicted molar refractivity (Wildman–Crippen MR) is 195 cm³/mol. The maximum atomic E-state index is 14.0. The van der Waals surface area contributed by atoms with Gasteiger partial charge in [0.1, 0.15) is 11.6 Å². The first-order valence-electron chi connectivity index (χ1n) is 18.3. The third-order valence-electron chi connectivity index (χ3n) is 9.28. The molecule has 0 aliphatic carbocycles. The molecule has 1 aromatic heterocycles. The first kappa shape index (κ1) is 41.7. The molecule has 0 aliphatic rings. The van der Waals surface area contributed by atoms with Crippen molar-refractivity contribution in [2.24, 2.45) is 23.1 Å². The van der Waals surface area contributed by atoms with Crippen LogP contribution in [-0.2, 0) is 36.8 Å². The van der Waals surface area contributed by atoms with Gasteiger partial charge in [0.2, 0.25) is 29.5 Å². The lowest BCUT2D eigenvalue weighted by molar-refractivity contribution is -0.141. The van der Waals surface area contributed by atoms with Gasteiger partial charge in [0.25, 0.3) is 0 Å². The number of benzene rings is 1. The highest BCUT2D eigenvalue weighted by Gasteiger charge is 2.49. The standard InChI is InChI=1S/C37H60N8O5/c1-2-3-4-5-6-7-8-9-10-11-12-13-17-20-32(47)44-30(22-21-28-26-42-36(41)43-28)34(49)45-37(35(40)50,24-23-31(38)46)29(33(39)48)25-27-18-15-14-16-19-27/h14-16,18-19,26,29-30H,2-13,17,20-25H2,1H3,(H2,38,46)(H2,39,48)(H2,40,50)(H,44,47)(H,45,49)(H3,41,42,43)/t29-,30+,37?/m1/s1. The van der Waals surface area contributed by atoms with Crippen LogP contribution in [-0.4, -0.2) is 51.1 Å². The second-order valence-electron chi connectivity index (χ2n) is 13.4. The predicted octanol–water partition coefficient (Wildman–Crippen LogP) is 3.84. The number of nitrogen functional groups attached to an aromatic ring is 1. The summed E-state index contributed by atoms with van der Waals surface area (Å²) in [6.45, 7) is 2.23. The zero-order chi connectivity index (χ0) is 36.8. The maximum absolute atomic E-state index is 14.0. The van der Waals surface area contributed by atoms with Crippen LogP contribution in [0.15, 0.2) is 36.5 Å². The Morgan fingerprint density at radius 3 is 1.90 bits per heavy atom. The van der Waals surface area contributed by atoms with Crippen LogP contribution in [0, 0.1) is 5.92 Å². The van der Waals surface area contributed by atoms with Crippen molar-refractivity contribution >= 4 is 35.5 Å². The quantitative estimate of drug-likeness (QED) is 0.0648. The SMILES string of the molecule is CCCCCCCCCCCCCCCC(=O)N[C@@H](CCc1cnc(N)[nH]1)C(=O)NC(CCC(N)=O)(C(N)=O)[C@H](Cc1ccccc1)C(N)=O. The van der Waals surface area contributed by atoms with Crippen LogP contribution in [0.4, 0.5) is 5.95 Å². The average Bonchev–Trinajstić information content (AvgIpc) is 3.50. The van der Waals surface area contributed by atoms with E-state index < -0.39 is 41.1 Å². The van der Waals surface area contributed by atoms with Gasteiger partial charge in [-0.1, -0.05) is 114 Å². The number of hydrogen-bond donors (Lipinski definition) is 7. The number of imidazole rings is 1. The first-order chi connectivity index (χ1) is 24.0. The van der Waals surface area contributed by atoms with Crippen LogP contribution >= 0.6 is 0 Å². The summed E-state index contributed by atoms with van der Waals surface area (Å²) in [5.74, 6) is -4.89. The molecule has 0 bridgehead atoms. The van der Waals surface area contributed by atoms with E-state index in [0.29, 0.717) is 17.7 Å². The molecule has 5 amide bonds. The van der Waals surface area contributed by atoms with Gasteiger partial charge in [0.05, 0.1) is 12.1 Å². The van der Waals surface area contributed by atoms with Crippen molar-refractivity contribution in [3.63, 3.8) is 0 Å². The molecule has 50 heavy (non-hydrogen) atoms. The zero-order valence-electron chi connectivity index (χ0n) is 29.9. The van der Waals surface area contributed by atoms with E-state index in [4.69, 9.17) is 22.9 Å². The Balaban J connectivity index is 2.08. The normalized spacial score (nSPS) is 13.5. The molecule has 11 N–H and O–H groups in total. The summed E-state index contributed by atoms with van der Waals surface area (Å²) >= 11 is 0. The smallest absolute Gasteiger partial charge is 0.244 e. The highest BCUT2D eigenvalue weighted by molar-refractivity contribution is 5.98. The number of H-pyrrole nitrogens is 1. The van der Waals surface area contributed by atoms with Crippen molar-refractivity contribution in [2.75, 3.05) is 5.73 Å². The monoisotopic (exact) mass is 696 g/mol. The summed E-state index contributed by atoms with van der Waals surface area (Å²) in [6, 6.07) is 7.67. The number of nitrogens with two attached hydrogens (primary N) is 4. The molecule has 2 aromatic rings. The highest BCUT2D eigenvalue weighted by atomic mass is 16.2. The van der Waals surface area contributed by atoms with E-state index in [1.807, 2.05) is 0 Å². The Morgan fingerprint density at radius 1 is 0.820 bits per heavy atom. The molecular weight excluding hydrogens is 636 g/mol. The molecule has 3 atom stereocenters. The van der Waals surface area contributed by atoms with Crippen LogP contribution < -0.4 is 33.6 Å². The lowest BCUT2D eigenvalue weighted by Gasteiger charge is -2.38. The maximum Gasteiger partial charge on any atom is 0.244 e. The van der Waals surface area contributed by atoms with E-state index >= 15 is 0 Å². The number of aryl methyl sites for hydroxylation is 1. The van der Waals surface area contributed by atoms with E-state index in [1.165, 1.54) is 64.0 Å². The molecule has 2 rings (SSSR count). The van der Waals surface area contributed by atoms with Gasteiger partial charge in [-0.3, -0.25) is 24.0 Å². The van der Waals surface area contributed by atoms with Crippen molar-refractivity contribution in [3.8, 4) is 0 Å². The minimum absolute atomic E-state index is 0.0400. The Morgan fingerprint density at radius 2 is 1.40 bits per heavy atom. The Kier molecular flexibility index (Phi) is 19.3. The largest absolute Gasteiger partial charge is 0.370 e. The van der Waals surface area contributed by atoms with Crippen LogP contribution in [0.2, 0.25) is 0 Å². The van der Waals surface area contributed by atoms with Crippen molar-refractivity contribution in [1.29, 1.82) is 0 Å². The van der Waals surface area contributed by atoms with Gasteiger partial charge < -0.3 is 38.6 Å². The Hall–Kier alpha value is -4.42. The first-order valence-corrected chi connectivity index (χ1v) is 18.3. The zero-order valence-corrected chi connectivity index (χ0v) is 29.9. The van der Waals surface area contributed by atoms with Crippen molar-refractivity contribution < 1.29 is 24.0 Å². The molecule has 278 valence electrons. The Labute approximate surface area is 296 Å². The number of rotatable bonds is 28. The number of hydrogen-bond acceptors (Lipinski definition) is 7. The number of aromatic nitrogens is 2. The average molecular weight is 697 g/mol. The van der Waals surface area contributed by atoms with Crippen molar-refractivity contribution in [3.05, 3.63) is 47.8 Å². The Bertz CT molecular complexity index is 1330. The summed E-state index contributed by atoms with van der Waals surface area (Å²) in [5.41, 5.74) is 22.1. The molecule has 13 heteroatoms. The number of unbranched alkanes of at least 4 members (excludes halogenated alkanes) is 12. The van der Waals surface area contributed by atoms with Gasteiger partial charge in [-0.15, -0.1) is 0 Å². The summed E-state index contributed by atoms with van der Waals surface area (Å²) in [6.07, 6.45) is 16.7. The summed E-state index contributed by atoms with van der Waals surface area (Å²) in [5, 5.41) is 5.47.